The molecule has 0 saturated heterocycles. The Morgan fingerprint density at radius 3 is 2.39 bits per heavy atom. The number of aliphatic carboxylic acids is 1. The number of rotatable bonds is 8. The summed E-state index contributed by atoms with van der Waals surface area (Å²) in [5.41, 5.74) is 0.416. The SMILES string of the molecule is C[C@H](CCC(=O)NC(Cc1ccc(O)cc1)C(=O)O)[C@H]1CC[C@H]2[C@@H]3[C@H](O)C[C@@H]4C[C@H](O)CC[C@]4(C)[C@H]3C[C@H](O)[C@]12C. The maximum absolute atomic E-state index is 12.9. The van der Waals surface area contributed by atoms with Gasteiger partial charge in [-0.25, -0.2) is 4.79 Å². The van der Waals surface area contributed by atoms with Crippen LogP contribution in [-0.4, -0.2) is 61.8 Å². The fraction of sp³-hybridized carbons (Fsp3) is 0.758. The van der Waals surface area contributed by atoms with Crippen LogP contribution in [0.5, 0.6) is 5.75 Å². The molecule has 0 radical (unpaired) electrons. The van der Waals surface area contributed by atoms with Crippen molar-refractivity contribution in [3.8, 4) is 5.75 Å². The first kappa shape index (κ1) is 30.3. The Morgan fingerprint density at radius 1 is 1.00 bits per heavy atom. The molecule has 1 aromatic rings. The zero-order chi connectivity index (χ0) is 29.7. The molecule has 0 aromatic heterocycles. The van der Waals surface area contributed by atoms with Crippen molar-refractivity contribution in [1.29, 1.82) is 0 Å². The fourth-order valence-electron chi connectivity index (χ4n) is 10.0. The maximum atomic E-state index is 12.9. The summed E-state index contributed by atoms with van der Waals surface area (Å²) in [5, 5.41) is 55.4. The van der Waals surface area contributed by atoms with Crippen LogP contribution < -0.4 is 5.32 Å². The molecule has 0 aliphatic heterocycles. The molecule has 41 heavy (non-hydrogen) atoms. The molecular weight excluding hydrogens is 522 g/mol. The highest BCUT2D eigenvalue weighted by molar-refractivity contribution is 5.83. The van der Waals surface area contributed by atoms with Crippen molar-refractivity contribution < 1.29 is 35.1 Å². The van der Waals surface area contributed by atoms with Crippen LogP contribution in [0, 0.1) is 46.3 Å². The van der Waals surface area contributed by atoms with Gasteiger partial charge in [-0.2, -0.15) is 0 Å². The van der Waals surface area contributed by atoms with Gasteiger partial charge in [0.2, 0.25) is 5.91 Å². The quantitative estimate of drug-likeness (QED) is 0.277. The Kier molecular flexibility index (Phi) is 8.50. The Hall–Kier alpha value is -2.16. The molecule has 4 fully saturated rings. The van der Waals surface area contributed by atoms with E-state index in [1.807, 2.05) is 0 Å². The van der Waals surface area contributed by atoms with Crippen LogP contribution in [0.4, 0.5) is 0 Å². The second kappa shape index (κ2) is 11.5. The van der Waals surface area contributed by atoms with Gasteiger partial charge < -0.3 is 30.8 Å². The summed E-state index contributed by atoms with van der Waals surface area (Å²) in [4.78, 5) is 24.7. The number of carbonyl (C=O) groups excluding carboxylic acids is 1. The minimum atomic E-state index is -1.10. The molecule has 6 N–H and O–H groups in total. The van der Waals surface area contributed by atoms with Crippen LogP contribution in [0.15, 0.2) is 24.3 Å². The number of hydrogen-bond acceptors (Lipinski definition) is 6. The van der Waals surface area contributed by atoms with Gasteiger partial charge >= 0.3 is 5.97 Å². The average Bonchev–Trinajstić information content (AvgIpc) is 3.28. The summed E-state index contributed by atoms with van der Waals surface area (Å²) < 4.78 is 0. The van der Waals surface area contributed by atoms with Gasteiger partial charge in [-0.15, -0.1) is 0 Å². The van der Waals surface area contributed by atoms with E-state index in [1.165, 1.54) is 12.1 Å². The van der Waals surface area contributed by atoms with Crippen molar-refractivity contribution in [2.24, 2.45) is 46.3 Å². The first-order valence-corrected chi connectivity index (χ1v) is 15.7. The Morgan fingerprint density at radius 2 is 1.71 bits per heavy atom. The van der Waals surface area contributed by atoms with Crippen LogP contribution in [0.2, 0.25) is 0 Å². The largest absolute Gasteiger partial charge is 0.508 e. The van der Waals surface area contributed by atoms with Gasteiger partial charge in [0, 0.05) is 12.8 Å². The number of aromatic hydroxyl groups is 1. The predicted octanol–water partition coefficient (Wildman–Crippen LogP) is 3.88. The summed E-state index contributed by atoms with van der Waals surface area (Å²) in [6.45, 7) is 6.69. The van der Waals surface area contributed by atoms with Gasteiger partial charge in [0.05, 0.1) is 18.3 Å². The zero-order valence-electron chi connectivity index (χ0n) is 24.7. The van der Waals surface area contributed by atoms with E-state index in [9.17, 15) is 35.1 Å². The van der Waals surface area contributed by atoms with Gasteiger partial charge in [-0.1, -0.05) is 32.9 Å². The van der Waals surface area contributed by atoms with Crippen LogP contribution >= 0.6 is 0 Å². The highest BCUT2D eigenvalue weighted by atomic mass is 16.4. The minimum Gasteiger partial charge on any atom is -0.508 e. The fourth-order valence-corrected chi connectivity index (χ4v) is 10.0. The number of benzene rings is 1. The molecule has 0 bridgehead atoms. The number of carboxylic acids is 1. The molecule has 4 aliphatic carbocycles. The van der Waals surface area contributed by atoms with Crippen molar-refractivity contribution in [1.82, 2.24) is 5.32 Å². The zero-order valence-corrected chi connectivity index (χ0v) is 24.7. The number of phenolic OH excluding ortho intramolecular Hbond substituents is 1. The summed E-state index contributed by atoms with van der Waals surface area (Å²) in [7, 11) is 0. The van der Waals surface area contributed by atoms with Crippen molar-refractivity contribution in [2.75, 3.05) is 0 Å². The number of phenols is 1. The number of aliphatic hydroxyl groups is 3. The predicted molar refractivity (Wildman–Crippen MR) is 154 cm³/mol. The highest BCUT2D eigenvalue weighted by Gasteiger charge is 2.65. The van der Waals surface area contributed by atoms with Crippen LogP contribution in [0.25, 0.3) is 0 Å². The van der Waals surface area contributed by atoms with E-state index in [4.69, 9.17) is 0 Å². The lowest BCUT2D eigenvalue weighted by Crippen LogP contribution is -2.62. The highest BCUT2D eigenvalue weighted by Crippen LogP contribution is 2.68. The van der Waals surface area contributed by atoms with E-state index >= 15 is 0 Å². The second-order valence-corrected chi connectivity index (χ2v) is 14.4. The average molecular weight is 572 g/mol. The van der Waals surface area contributed by atoms with Crippen LogP contribution in [-0.2, 0) is 16.0 Å². The third-order valence-corrected chi connectivity index (χ3v) is 12.4. The van der Waals surface area contributed by atoms with E-state index in [1.54, 1.807) is 12.1 Å². The first-order valence-electron chi connectivity index (χ1n) is 15.7. The molecule has 8 nitrogen and oxygen atoms in total. The van der Waals surface area contributed by atoms with Crippen molar-refractivity contribution in [2.45, 2.75) is 109 Å². The molecular formula is C33H49NO7. The number of carbonyl (C=O) groups is 2. The molecule has 12 atom stereocenters. The maximum Gasteiger partial charge on any atom is 0.326 e. The third kappa shape index (κ3) is 5.52. The monoisotopic (exact) mass is 571 g/mol. The van der Waals surface area contributed by atoms with Crippen LogP contribution in [0.3, 0.4) is 0 Å². The van der Waals surface area contributed by atoms with E-state index < -0.39 is 24.2 Å². The first-order chi connectivity index (χ1) is 19.3. The molecule has 4 saturated carbocycles. The molecule has 8 heteroatoms. The lowest BCUT2D eigenvalue weighted by Gasteiger charge is -2.63. The second-order valence-electron chi connectivity index (χ2n) is 14.4. The minimum absolute atomic E-state index is 0.0358. The Bertz CT molecular complexity index is 1110. The lowest BCUT2D eigenvalue weighted by molar-refractivity contribution is -0.207. The normalized spacial score (nSPS) is 41.4. The van der Waals surface area contributed by atoms with Gasteiger partial charge in [-0.05, 0) is 115 Å². The standard InChI is InChI=1S/C33H49NO7/c1-18(4-11-29(39)34-26(31(40)41)14-19-5-7-21(35)8-6-19)23-9-10-24-30-25(17-28(38)33(23,24)3)32(2)13-12-22(36)15-20(32)16-27(30)37/h5-8,18,20,22-28,30,35-38H,4,9-17H2,1-3H3,(H,34,39)(H,40,41)/t18-,20+,22-,23-,24+,25+,26?,27-,28+,30+,32+,33-/m1/s1. The number of amides is 1. The topological polar surface area (TPSA) is 147 Å². The number of hydrogen-bond donors (Lipinski definition) is 6. The number of aliphatic hydroxyl groups excluding tert-OH is 3. The smallest absolute Gasteiger partial charge is 0.326 e. The Labute approximate surface area is 243 Å². The molecule has 0 spiro atoms. The molecule has 1 amide bonds. The molecule has 0 heterocycles. The number of carboxylic acid groups (broad SMARTS) is 1. The molecule has 228 valence electrons. The van der Waals surface area contributed by atoms with E-state index in [2.05, 4.69) is 26.1 Å². The van der Waals surface area contributed by atoms with E-state index in [0.29, 0.717) is 18.4 Å². The van der Waals surface area contributed by atoms with Crippen LogP contribution in [0.1, 0.15) is 84.1 Å². The van der Waals surface area contributed by atoms with Crippen molar-refractivity contribution in [3.05, 3.63) is 29.8 Å². The number of nitrogens with one attached hydrogen (secondary N) is 1. The van der Waals surface area contributed by atoms with Gasteiger partial charge in [0.1, 0.15) is 11.8 Å². The van der Waals surface area contributed by atoms with E-state index in [-0.39, 0.29) is 76.9 Å². The lowest BCUT2D eigenvalue weighted by atomic mass is 9.43. The molecule has 5 rings (SSSR count). The van der Waals surface area contributed by atoms with Gasteiger partial charge in [0.15, 0.2) is 0 Å². The Balaban J connectivity index is 1.23. The van der Waals surface area contributed by atoms with Gasteiger partial charge in [-0.3, -0.25) is 4.79 Å². The number of fused-ring (bicyclic) bond motifs is 5. The molecule has 1 aromatic carbocycles. The van der Waals surface area contributed by atoms with Gasteiger partial charge in [0.25, 0.3) is 0 Å². The molecule has 4 aliphatic rings. The summed E-state index contributed by atoms with van der Waals surface area (Å²) in [6, 6.07) is 5.25. The molecule has 1 unspecified atom stereocenters. The summed E-state index contributed by atoms with van der Waals surface area (Å²) in [6.07, 6.45) is 5.58. The summed E-state index contributed by atoms with van der Waals surface area (Å²) in [5.74, 6) is -0.00456. The van der Waals surface area contributed by atoms with Crippen molar-refractivity contribution >= 4 is 11.9 Å². The third-order valence-electron chi connectivity index (χ3n) is 12.4. The van der Waals surface area contributed by atoms with E-state index in [0.717, 1.165) is 38.5 Å². The summed E-state index contributed by atoms with van der Waals surface area (Å²) >= 11 is 0. The van der Waals surface area contributed by atoms with Crippen molar-refractivity contribution in [3.63, 3.8) is 0 Å².